The molecule has 0 bridgehead atoms. The second-order valence-corrected chi connectivity index (χ2v) is 7.43. The minimum atomic E-state index is -0.300. The van der Waals surface area contributed by atoms with Crippen LogP contribution < -0.4 is 5.32 Å². The van der Waals surface area contributed by atoms with E-state index >= 15 is 0 Å². The van der Waals surface area contributed by atoms with E-state index in [0.29, 0.717) is 21.6 Å². The maximum atomic E-state index is 12.2. The van der Waals surface area contributed by atoms with E-state index in [-0.39, 0.29) is 10.9 Å². The van der Waals surface area contributed by atoms with Crippen LogP contribution in [0.4, 0.5) is 5.69 Å². The summed E-state index contributed by atoms with van der Waals surface area (Å²) in [5, 5.41) is 12.0. The zero-order valence-corrected chi connectivity index (χ0v) is 16.0. The summed E-state index contributed by atoms with van der Waals surface area (Å²) in [5.74, 6) is 0.183. The van der Waals surface area contributed by atoms with Gasteiger partial charge in [0.25, 0.3) is 5.91 Å². The molecule has 0 saturated carbocycles. The quantitative estimate of drug-likeness (QED) is 0.619. The standard InChI is InChI=1S/C20H18ClN3OS/c1-13(2)15-10-8-14(9-11-15)12-17(21)19-23-24-20(26-19)18(25)22-16-6-4-3-5-7-16/h3-13H,1-2H3,(H,22,25)/b17-12+. The van der Waals surface area contributed by atoms with Gasteiger partial charge in [0.1, 0.15) is 0 Å². The number of nitrogens with zero attached hydrogens (tertiary/aromatic N) is 2. The Labute approximate surface area is 161 Å². The predicted octanol–water partition coefficient (Wildman–Crippen LogP) is 5.65. The van der Waals surface area contributed by atoms with Crippen molar-refractivity contribution >= 4 is 45.6 Å². The molecule has 1 N–H and O–H groups in total. The molecule has 3 aromatic rings. The third-order valence-corrected chi connectivity index (χ3v) is 5.11. The molecule has 0 atom stereocenters. The summed E-state index contributed by atoms with van der Waals surface area (Å²) in [4.78, 5) is 12.2. The van der Waals surface area contributed by atoms with E-state index < -0.39 is 0 Å². The van der Waals surface area contributed by atoms with Crippen LogP contribution in [0.3, 0.4) is 0 Å². The Balaban J connectivity index is 1.72. The number of benzene rings is 2. The summed E-state index contributed by atoms with van der Waals surface area (Å²) in [5.41, 5.74) is 2.96. The van der Waals surface area contributed by atoms with Gasteiger partial charge in [0.15, 0.2) is 5.01 Å². The zero-order valence-electron chi connectivity index (χ0n) is 14.4. The molecule has 0 aliphatic carbocycles. The van der Waals surface area contributed by atoms with Gasteiger partial charge < -0.3 is 5.32 Å². The summed E-state index contributed by atoms with van der Waals surface area (Å²) < 4.78 is 0. The second kappa shape index (κ2) is 8.25. The number of nitrogens with one attached hydrogen (secondary N) is 1. The fraction of sp³-hybridized carbons (Fsp3) is 0.150. The number of amides is 1. The monoisotopic (exact) mass is 383 g/mol. The Morgan fingerprint density at radius 3 is 2.35 bits per heavy atom. The fourth-order valence-corrected chi connectivity index (χ4v) is 3.23. The van der Waals surface area contributed by atoms with Crippen LogP contribution in [0.1, 0.15) is 45.7 Å². The first-order valence-corrected chi connectivity index (χ1v) is 9.40. The lowest BCUT2D eigenvalue weighted by molar-refractivity contribution is 0.102. The molecule has 0 unspecified atom stereocenters. The van der Waals surface area contributed by atoms with Crippen molar-refractivity contribution < 1.29 is 4.79 Å². The van der Waals surface area contributed by atoms with Gasteiger partial charge in [-0.25, -0.2) is 0 Å². The summed E-state index contributed by atoms with van der Waals surface area (Å²) in [6.07, 6.45) is 1.82. The highest BCUT2D eigenvalue weighted by Gasteiger charge is 2.14. The molecule has 26 heavy (non-hydrogen) atoms. The molecule has 6 heteroatoms. The van der Waals surface area contributed by atoms with Crippen molar-refractivity contribution in [1.29, 1.82) is 0 Å². The number of halogens is 1. The maximum Gasteiger partial charge on any atom is 0.286 e. The smallest absolute Gasteiger partial charge is 0.286 e. The molecule has 132 valence electrons. The molecule has 0 saturated heterocycles. The molecular weight excluding hydrogens is 366 g/mol. The molecule has 3 rings (SSSR count). The van der Waals surface area contributed by atoms with Crippen LogP contribution in [0.25, 0.3) is 11.1 Å². The second-order valence-electron chi connectivity index (χ2n) is 6.05. The Bertz CT molecular complexity index is 918. The Hall–Kier alpha value is -2.50. The van der Waals surface area contributed by atoms with Gasteiger partial charge in [-0.1, -0.05) is 79.2 Å². The molecule has 0 spiro atoms. The number of rotatable bonds is 5. The van der Waals surface area contributed by atoms with Crippen molar-refractivity contribution in [3.05, 3.63) is 75.7 Å². The SMILES string of the molecule is CC(C)c1ccc(/C=C(/Cl)c2nnc(C(=O)Nc3ccccc3)s2)cc1. The molecule has 2 aromatic carbocycles. The first kappa shape index (κ1) is 18.3. The van der Waals surface area contributed by atoms with Gasteiger partial charge in [-0.3, -0.25) is 4.79 Å². The molecule has 0 fully saturated rings. The van der Waals surface area contributed by atoms with E-state index in [2.05, 4.69) is 41.5 Å². The van der Waals surface area contributed by atoms with Crippen LogP contribution in [-0.4, -0.2) is 16.1 Å². The van der Waals surface area contributed by atoms with Crippen molar-refractivity contribution in [3.8, 4) is 0 Å². The van der Waals surface area contributed by atoms with Crippen molar-refractivity contribution in [2.45, 2.75) is 19.8 Å². The molecule has 0 radical (unpaired) electrons. The van der Waals surface area contributed by atoms with Crippen LogP contribution in [0.5, 0.6) is 0 Å². The molecule has 0 aliphatic rings. The number of para-hydroxylation sites is 1. The molecule has 1 aromatic heterocycles. The van der Waals surface area contributed by atoms with Crippen LogP contribution in [0.15, 0.2) is 54.6 Å². The van der Waals surface area contributed by atoms with Gasteiger partial charge in [-0.05, 0) is 35.3 Å². The normalized spacial score (nSPS) is 11.6. The van der Waals surface area contributed by atoms with E-state index in [1.165, 1.54) is 5.56 Å². The largest absolute Gasteiger partial charge is 0.320 e. The Kier molecular flexibility index (Phi) is 5.81. The fourth-order valence-electron chi connectivity index (χ4n) is 2.30. The van der Waals surface area contributed by atoms with Gasteiger partial charge >= 0.3 is 0 Å². The third kappa shape index (κ3) is 4.56. The average Bonchev–Trinajstić information content (AvgIpc) is 3.13. The molecule has 1 heterocycles. The number of carbonyl (C=O) groups is 1. The van der Waals surface area contributed by atoms with Crippen LogP contribution in [0, 0.1) is 0 Å². The van der Waals surface area contributed by atoms with Crippen molar-refractivity contribution in [1.82, 2.24) is 10.2 Å². The highest BCUT2D eigenvalue weighted by molar-refractivity contribution is 7.15. The van der Waals surface area contributed by atoms with Gasteiger partial charge in [0.2, 0.25) is 5.01 Å². The van der Waals surface area contributed by atoms with Gasteiger partial charge in [0.05, 0.1) is 5.03 Å². The average molecular weight is 384 g/mol. The van der Waals surface area contributed by atoms with E-state index in [9.17, 15) is 4.79 Å². The minimum absolute atomic E-state index is 0.269. The van der Waals surface area contributed by atoms with Crippen LogP contribution >= 0.6 is 22.9 Å². The highest BCUT2D eigenvalue weighted by Crippen LogP contribution is 2.26. The van der Waals surface area contributed by atoms with E-state index in [1.54, 1.807) is 0 Å². The zero-order chi connectivity index (χ0) is 18.5. The minimum Gasteiger partial charge on any atom is -0.320 e. The molecular formula is C20H18ClN3OS. The number of hydrogen-bond acceptors (Lipinski definition) is 4. The summed E-state index contributed by atoms with van der Waals surface area (Å²) >= 11 is 7.52. The topological polar surface area (TPSA) is 54.9 Å². The maximum absolute atomic E-state index is 12.2. The Morgan fingerprint density at radius 1 is 1.04 bits per heavy atom. The third-order valence-electron chi connectivity index (χ3n) is 3.75. The van der Waals surface area contributed by atoms with Gasteiger partial charge in [-0.2, -0.15) is 0 Å². The van der Waals surface area contributed by atoms with Crippen LogP contribution in [0.2, 0.25) is 0 Å². The lowest BCUT2D eigenvalue weighted by atomic mass is 10.0. The summed E-state index contributed by atoms with van der Waals surface area (Å²) in [6, 6.07) is 17.4. The number of anilines is 1. The number of aromatic nitrogens is 2. The molecule has 4 nitrogen and oxygen atoms in total. The number of hydrogen-bond donors (Lipinski definition) is 1. The molecule has 1 amide bonds. The van der Waals surface area contributed by atoms with Crippen molar-refractivity contribution in [2.24, 2.45) is 0 Å². The highest BCUT2D eigenvalue weighted by atomic mass is 35.5. The van der Waals surface area contributed by atoms with Crippen molar-refractivity contribution in [3.63, 3.8) is 0 Å². The van der Waals surface area contributed by atoms with E-state index in [1.807, 2.05) is 48.5 Å². The molecule has 0 aliphatic heterocycles. The lowest BCUT2D eigenvalue weighted by Gasteiger charge is -2.04. The summed E-state index contributed by atoms with van der Waals surface area (Å²) in [6.45, 7) is 4.31. The number of carbonyl (C=O) groups excluding carboxylic acids is 1. The van der Waals surface area contributed by atoms with Gasteiger partial charge in [0, 0.05) is 5.69 Å². The van der Waals surface area contributed by atoms with E-state index in [0.717, 1.165) is 16.9 Å². The first-order chi connectivity index (χ1) is 12.5. The van der Waals surface area contributed by atoms with Crippen LogP contribution in [-0.2, 0) is 0 Å². The van der Waals surface area contributed by atoms with E-state index in [4.69, 9.17) is 11.6 Å². The van der Waals surface area contributed by atoms with Gasteiger partial charge in [-0.15, -0.1) is 10.2 Å². The van der Waals surface area contributed by atoms with Crippen molar-refractivity contribution in [2.75, 3.05) is 5.32 Å². The first-order valence-electron chi connectivity index (χ1n) is 8.20. The lowest BCUT2D eigenvalue weighted by Crippen LogP contribution is -2.11. The summed E-state index contributed by atoms with van der Waals surface area (Å²) in [7, 11) is 0. The predicted molar refractivity (Wildman–Crippen MR) is 109 cm³/mol. The Morgan fingerprint density at radius 2 is 1.69 bits per heavy atom.